The van der Waals surface area contributed by atoms with E-state index in [1.165, 1.54) is 6.07 Å². The maximum absolute atomic E-state index is 12.6. The second kappa shape index (κ2) is 7.22. The number of likely N-dealkylation sites (N-methyl/N-ethyl adjacent to an activating group) is 1. The molecule has 6 nitrogen and oxygen atoms in total. The van der Waals surface area contributed by atoms with Crippen LogP contribution in [-0.2, 0) is 14.8 Å². The molecule has 0 spiro atoms. The van der Waals surface area contributed by atoms with E-state index in [-0.39, 0.29) is 24.5 Å². The first-order valence-corrected chi connectivity index (χ1v) is 7.85. The summed E-state index contributed by atoms with van der Waals surface area (Å²) in [6.45, 7) is 3.39. The molecule has 0 heterocycles. The quantitative estimate of drug-likeness (QED) is 0.735. The fourth-order valence-electron chi connectivity index (χ4n) is 1.79. The van der Waals surface area contributed by atoms with Crippen LogP contribution in [0.2, 0.25) is 0 Å². The molecule has 0 aliphatic rings. The Morgan fingerprint density at radius 1 is 1.38 bits per heavy atom. The number of nitrogens with zero attached hydrogens (tertiary/aromatic N) is 1. The lowest BCUT2D eigenvalue weighted by Gasteiger charge is -2.19. The summed E-state index contributed by atoms with van der Waals surface area (Å²) in [4.78, 5) is 11.1. The molecule has 0 bridgehead atoms. The minimum Gasteiger partial charge on any atom is -0.369 e. The SMILES string of the molecule is CCN(CC(N)=O)S(=O)(=O)c1ccc(C)cc1C#CCN. The third kappa shape index (κ3) is 4.29. The fourth-order valence-corrected chi connectivity index (χ4v) is 3.34. The van der Waals surface area contributed by atoms with Crippen molar-refractivity contribution in [3.63, 3.8) is 0 Å². The van der Waals surface area contributed by atoms with Crippen molar-refractivity contribution in [1.82, 2.24) is 4.31 Å². The first-order chi connectivity index (χ1) is 9.82. The zero-order chi connectivity index (χ0) is 16.0. The standard InChI is InChI=1S/C14H19N3O3S/c1-3-17(10-14(16)18)21(19,20)13-7-6-11(2)9-12(13)5-4-8-15/h6-7,9H,3,8,10,15H2,1-2H3,(H2,16,18). The van der Waals surface area contributed by atoms with E-state index in [0.717, 1.165) is 9.87 Å². The average molecular weight is 309 g/mol. The Kier molecular flexibility index (Phi) is 5.90. The molecule has 0 aliphatic carbocycles. The van der Waals surface area contributed by atoms with Crippen LogP contribution in [0.1, 0.15) is 18.1 Å². The molecule has 0 aromatic heterocycles. The topological polar surface area (TPSA) is 106 Å². The molecule has 1 rings (SSSR count). The fraction of sp³-hybridized carbons (Fsp3) is 0.357. The summed E-state index contributed by atoms with van der Waals surface area (Å²) in [5.74, 6) is 4.69. The van der Waals surface area contributed by atoms with Gasteiger partial charge in [0.15, 0.2) is 0 Å². The predicted molar refractivity (Wildman–Crippen MR) is 80.7 cm³/mol. The Morgan fingerprint density at radius 2 is 2.05 bits per heavy atom. The number of primary amides is 1. The van der Waals surface area contributed by atoms with E-state index in [0.29, 0.717) is 5.56 Å². The molecule has 1 aromatic rings. The molecule has 0 fully saturated rings. The van der Waals surface area contributed by atoms with Crippen molar-refractivity contribution in [3.05, 3.63) is 29.3 Å². The van der Waals surface area contributed by atoms with Crippen molar-refractivity contribution in [2.24, 2.45) is 11.5 Å². The normalized spacial score (nSPS) is 11.0. The van der Waals surface area contributed by atoms with Crippen molar-refractivity contribution in [3.8, 4) is 11.8 Å². The van der Waals surface area contributed by atoms with E-state index < -0.39 is 15.9 Å². The first kappa shape index (κ1) is 17.2. The van der Waals surface area contributed by atoms with Gasteiger partial charge in [0.2, 0.25) is 15.9 Å². The van der Waals surface area contributed by atoms with Gasteiger partial charge in [-0.05, 0) is 24.6 Å². The number of rotatable bonds is 5. The van der Waals surface area contributed by atoms with Gasteiger partial charge >= 0.3 is 0 Å². The molecule has 7 heteroatoms. The molecule has 21 heavy (non-hydrogen) atoms. The highest BCUT2D eigenvalue weighted by molar-refractivity contribution is 7.89. The van der Waals surface area contributed by atoms with Gasteiger partial charge in [-0.2, -0.15) is 4.31 Å². The van der Waals surface area contributed by atoms with E-state index in [1.54, 1.807) is 19.1 Å². The van der Waals surface area contributed by atoms with Crippen molar-refractivity contribution in [2.75, 3.05) is 19.6 Å². The van der Waals surface area contributed by atoms with E-state index in [9.17, 15) is 13.2 Å². The number of sulfonamides is 1. The van der Waals surface area contributed by atoms with Gasteiger partial charge in [0, 0.05) is 12.1 Å². The monoisotopic (exact) mass is 309 g/mol. The molecule has 0 radical (unpaired) electrons. The lowest BCUT2D eigenvalue weighted by Crippen LogP contribution is -2.38. The third-order valence-electron chi connectivity index (χ3n) is 2.76. The minimum absolute atomic E-state index is 0.0529. The number of benzene rings is 1. The number of hydrogen-bond acceptors (Lipinski definition) is 4. The van der Waals surface area contributed by atoms with Crippen LogP contribution in [0.5, 0.6) is 0 Å². The second-order valence-electron chi connectivity index (χ2n) is 4.40. The van der Waals surface area contributed by atoms with E-state index in [1.807, 2.05) is 6.92 Å². The van der Waals surface area contributed by atoms with Crippen LogP contribution < -0.4 is 11.5 Å². The van der Waals surface area contributed by atoms with Crippen molar-refractivity contribution in [2.45, 2.75) is 18.7 Å². The molecular weight excluding hydrogens is 290 g/mol. The zero-order valence-electron chi connectivity index (χ0n) is 12.1. The molecule has 0 saturated carbocycles. The van der Waals surface area contributed by atoms with Crippen LogP contribution in [0, 0.1) is 18.8 Å². The Morgan fingerprint density at radius 3 is 2.57 bits per heavy atom. The Hall–Kier alpha value is -1.88. The van der Waals surface area contributed by atoms with Gasteiger partial charge in [-0.3, -0.25) is 4.79 Å². The predicted octanol–water partition coefficient (Wildman–Crippen LogP) is -0.199. The van der Waals surface area contributed by atoms with Crippen molar-refractivity contribution in [1.29, 1.82) is 0 Å². The van der Waals surface area contributed by atoms with Crippen LogP contribution in [0.3, 0.4) is 0 Å². The Balaban J connectivity index is 3.39. The van der Waals surface area contributed by atoms with Gasteiger partial charge in [-0.1, -0.05) is 24.8 Å². The van der Waals surface area contributed by atoms with Crippen molar-refractivity contribution >= 4 is 15.9 Å². The first-order valence-electron chi connectivity index (χ1n) is 6.41. The van der Waals surface area contributed by atoms with E-state index in [4.69, 9.17) is 11.5 Å². The average Bonchev–Trinajstić information content (AvgIpc) is 2.41. The zero-order valence-corrected chi connectivity index (χ0v) is 12.9. The number of aryl methyl sites for hydroxylation is 1. The van der Waals surface area contributed by atoms with Gasteiger partial charge < -0.3 is 11.5 Å². The second-order valence-corrected chi connectivity index (χ2v) is 6.31. The Labute approximate surface area is 125 Å². The molecule has 1 aromatic carbocycles. The molecule has 4 N–H and O–H groups in total. The smallest absolute Gasteiger partial charge is 0.244 e. The largest absolute Gasteiger partial charge is 0.369 e. The van der Waals surface area contributed by atoms with Gasteiger partial charge in [0.25, 0.3) is 0 Å². The summed E-state index contributed by atoms with van der Waals surface area (Å²) >= 11 is 0. The maximum atomic E-state index is 12.6. The van der Waals surface area contributed by atoms with Gasteiger partial charge in [-0.15, -0.1) is 0 Å². The lowest BCUT2D eigenvalue weighted by atomic mass is 10.1. The highest BCUT2D eigenvalue weighted by atomic mass is 32.2. The number of carbonyl (C=O) groups is 1. The lowest BCUT2D eigenvalue weighted by molar-refractivity contribution is -0.118. The summed E-state index contributed by atoms with van der Waals surface area (Å²) in [5, 5.41) is 0. The molecule has 0 unspecified atom stereocenters. The van der Waals surface area contributed by atoms with Crippen LogP contribution in [0.25, 0.3) is 0 Å². The molecule has 114 valence electrons. The summed E-state index contributed by atoms with van der Waals surface area (Å²) < 4.78 is 26.2. The molecule has 1 amide bonds. The number of amides is 1. The highest BCUT2D eigenvalue weighted by Gasteiger charge is 2.26. The summed E-state index contributed by atoms with van der Waals surface area (Å²) in [5.41, 5.74) is 11.7. The van der Waals surface area contributed by atoms with Gasteiger partial charge in [0.05, 0.1) is 18.0 Å². The summed E-state index contributed by atoms with van der Waals surface area (Å²) in [6, 6.07) is 4.83. The van der Waals surface area contributed by atoms with Gasteiger partial charge in [0.1, 0.15) is 0 Å². The molecule has 0 aliphatic heterocycles. The van der Waals surface area contributed by atoms with Crippen LogP contribution >= 0.6 is 0 Å². The maximum Gasteiger partial charge on any atom is 0.244 e. The van der Waals surface area contributed by atoms with Gasteiger partial charge in [-0.25, -0.2) is 8.42 Å². The number of hydrogen-bond donors (Lipinski definition) is 2. The molecular formula is C14H19N3O3S. The number of nitrogens with two attached hydrogens (primary N) is 2. The molecule has 0 saturated heterocycles. The molecule has 0 atom stereocenters. The minimum atomic E-state index is -3.83. The summed E-state index contributed by atoms with van der Waals surface area (Å²) in [7, 11) is -3.83. The number of carbonyl (C=O) groups excluding carboxylic acids is 1. The van der Waals surface area contributed by atoms with E-state index >= 15 is 0 Å². The Bertz CT molecular complexity index is 687. The highest BCUT2D eigenvalue weighted by Crippen LogP contribution is 2.20. The van der Waals surface area contributed by atoms with Crippen LogP contribution in [0.15, 0.2) is 23.1 Å². The van der Waals surface area contributed by atoms with Crippen molar-refractivity contribution < 1.29 is 13.2 Å². The van der Waals surface area contributed by atoms with Crippen LogP contribution in [0.4, 0.5) is 0 Å². The van der Waals surface area contributed by atoms with E-state index in [2.05, 4.69) is 11.8 Å². The third-order valence-corrected chi connectivity index (χ3v) is 4.74. The summed E-state index contributed by atoms with van der Waals surface area (Å²) in [6.07, 6.45) is 0. The van der Waals surface area contributed by atoms with Crippen LogP contribution in [-0.4, -0.2) is 38.3 Å².